The number of carbonyl (C=O) groups is 1. The number of esters is 1. The molecule has 106 valence electrons. The average molecular weight is 301 g/mol. The summed E-state index contributed by atoms with van der Waals surface area (Å²) in [5, 5.41) is 0.767. The molecule has 0 aliphatic carbocycles. The largest absolute Gasteiger partial charge is 0.458 e. The van der Waals surface area contributed by atoms with Crippen molar-refractivity contribution in [2.75, 3.05) is 0 Å². The molecule has 3 rings (SSSR count). The zero-order valence-corrected chi connectivity index (χ0v) is 11.9. The van der Waals surface area contributed by atoms with Gasteiger partial charge in [0.15, 0.2) is 0 Å². The lowest BCUT2D eigenvalue weighted by molar-refractivity contribution is -0.144. The average Bonchev–Trinajstić information content (AvgIpc) is 2.90. The molecule has 0 aliphatic heterocycles. The van der Waals surface area contributed by atoms with Gasteiger partial charge in [-0.25, -0.2) is 9.37 Å². The summed E-state index contributed by atoms with van der Waals surface area (Å²) in [5.74, 6) is -0.664. The topological polar surface area (TPSA) is 39.2 Å². The molecule has 1 heterocycles. The summed E-state index contributed by atoms with van der Waals surface area (Å²) in [4.78, 5) is 16.1. The highest BCUT2D eigenvalue weighted by Crippen LogP contribution is 2.22. The number of thiazole rings is 1. The first-order chi connectivity index (χ1) is 10.2. The number of nitrogens with zero attached hydrogens (tertiary/aromatic N) is 1. The van der Waals surface area contributed by atoms with Gasteiger partial charge in [0.05, 0.1) is 16.6 Å². The van der Waals surface area contributed by atoms with Crippen molar-refractivity contribution in [3.63, 3.8) is 0 Å². The number of halogens is 1. The van der Waals surface area contributed by atoms with Crippen molar-refractivity contribution in [1.29, 1.82) is 0 Å². The number of fused-ring (bicyclic) bond motifs is 1. The van der Waals surface area contributed by atoms with E-state index in [4.69, 9.17) is 4.74 Å². The molecule has 0 N–H and O–H groups in total. The minimum atomic E-state index is -0.346. The second-order valence-electron chi connectivity index (χ2n) is 4.54. The van der Waals surface area contributed by atoms with E-state index in [1.54, 1.807) is 12.1 Å². The van der Waals surface area contributed by atoms with Gasteiger partial charge in [-0.2, -0.15) is 0 Å². The molecule has 0 fully saturated rings. The van der Waals surface area contributed by atoms with Crippen molar-refractivity contribution in [3.05, 3.63) is 64.9 Å². The van der Waals surface area contributed by atoms with Gasteiger partial charge in [-0.15, -0.1) is 11.3 Å². The Morgan fingerprint density at radius 2 is 1.90 bits per heavy atom. The minimum Gasteiger partial charge on any atom is -0.458 e. The van der Waals surface area contributed by atoms with Crippen molar-refractivity contribution in [3.8, 4) is 0 Å². The van der Waals surface area contributed by atoms with Crippen molar-refractivity contribution in [2.24, 2.45) is 0 Å². The maximum Gasteiger partial charge on any atom is 0.310 e. The van der Waals surface area contributed by atoms with E-state index in [2.05, 4.69) is 4.98 Å². The predicted octanol–water partition coefficient (Wildman–Crippen LogP) is 3.72. The third-order valence-corrected chi connectivity index (χ3v) is 3.97. The standard InChI is InChI=1S/C16H12FNO2S/c17-12-7-5-11(6-8-12)9-16(19)20-10-15-18-13-3-1-2-4-14(13)21-15/h1-8H,9-10H2. The number of benzene rings is 2. The van der Waals surface area contributed by atoms with E-state index < -0.39 is 0 Å². The van der Waals surface area contributed by atoms with Gasteiger partial charge in [0.25, 0.3) is 0 Å². The van der Waals surface area contributed by atoms with Gasteiger partial charge in [-0.3, -0.25) is 4.79 Å². The van der Waals surface area contributed by atoms with Crippen LogP contribution in [0.15, 0.2) is 48.5 Å². The van der Waals surface area contributed by atoms with Crippen LogP contribution < -0.4 is 0 Å². The third kappa shape index (κ3) is 3.44. The highest BCUT2D eigenvalue weighted by Gasteiger charge is 2.08. The van der Waals surface area contributed by atoms with Crippen LogP contribution in [0, 0.1) is 5.82 Å². The predicted molar refractivity (Wildman–Crippen MR) is 79.5 cm³/mol. The molecular formula is C16H12FNO2S. The van der Waals surface area contributed by atoms with Crippen LogP contribution in [0.4, 0.5) is 4.39 Å². The molecule has 0 atom stereocenters. The summed E-state index contributed by atoms with van der Waals surface area (Å²) in [7, 11) is 0. The molecule has 0 bridgehead atoms. The fourth-order valence-corrected chi connectivity index (χ4v) is 2.82. The SMILES string of the molecule is O=C(Cc1ccc(F)cc1)OCc1nc2ccccc2s1. The molecule has 0 aliphatic rings. The first kappa shape index (κ1) is 13.7. The summed E-state index contributed by atoms with van der Waals surface area (Å²) in [5.41, 5.74) is 1.64. The van der Waals surface area contributed by atoms with Crippen molar-refractivity contribution in [2.45, 2.75) is 13.0 Å². The molecule has 0 spiro atoms. The zero-order valence-electron chi connectivity index (χ0n) is 11.1. The molecule has 5 heteroatoms. The van der Waals surface area contributed by atoms with Crippen molar-refractivity contribution < 1.29 is 13.9 Å². The van der Waals surface area contributed by atoms with Crippen molar-refractivity contribution >= 4 is 27.5 Å². The Morgan fingerprint density at radius 1 is 1.14 bits per heavy atom. The van der Waals surface area contributed by atoms with Crippen LogP contribution >= 0.6 is 11.3 Å². The van der Waals surface area contributed by atoms with Crippen molar-refractivity contribution in [1.82, 2.24) is 4.98 Å². The van der Waals surface area contributed by atoms with E-state index in [9.17, 15) is 9.18 Å². The smallest absolute Gasteiger partial charge is 0.310 e. The maximum atomic E-state index is 12.8. The second kappa shape index (κ2) is 6.01. The quantitative estimate of drug-likeness (QED) is 0.689. The van der Waals surface area contributed by atoms with Gasteiger partial charge in [-0.1, -0.05) is 24.3 Å². The maximum absolute atomic E-state index is 12.8. The van der Waals surface area contributed by atoms with E-state index in [1.807, 2.05) is 24.3 Å². The second-order valence-corrected chi connectivity index (χ2v) is 5.65. The van der Waals surface area contributed by atoms with E-state index >= 15 is 0 Å². The number of ether oxygens (including phenoxy) is 1. The van der Waals surface area contributed by atoms with Crippen LogP contribution in [0.3, 0.4) is 0 Å². The van der Waals surface area contributed by atoms with Gasteiger partial charge in [-0.05, 0) is 29.8 Å². The Balaban J connectivity index is 1.59. The van der Waals surface area contributed by atoms with Crippen LogP contribution in [0.25, 0.3) is 10.2 Å². The Hall–Kier alpha value is -2.27. The van der Waals surface area contributed by atoms with Crippen LogP contribution in [0.1, 0.15) is 10.6 Å². The molecule has 0 radical (unpaired) electrons. The molecule has 2 aromatic carbocycles. The number of carbonyl (C=O) groups excluding carboxylic acids is 1. The summed E-state index contributed by atoms with van der Waals surface area (Å²) in [6.45, 7) is 0.166. The van der Waals surface area contributed by atoms with Crippen LogP contribution in [0.2, 0.25) is 0 Å². The minimum absolute atomic E-state index is 0.130. The lowest BCUT2D eigenvalue weighted by atomic mass is 10.1. The third-order valence-electron chi connectivity index (χ3n) is 2.96. The Labute approximate surface area is 125 Å². The highest BCUT2D eigenvalue weighted by molar-refractivity contribution is 7.18. The van der Waals surface area contributed by atoms with E-state index in [1.165, 1.54) is 23.5 Å². The lowest BCUT2D eigenvalue weighted by Crippen LogP contribution is -2.07. The number of aromatic nitrogens is 1. The number of rotatable bonds is 4. The van der Waals surface area contributed by atoms with Crippen LogP contribution in [-0.2, 0) is 22.6 Å². The molecule has 0 amide bonds. The van der Waals surface area contributed by atoms with Gasteiger partial charge >= 0.3 is 5.97 Å². The number of hydrogen-bond donors (Lipinski definition) is 0. The van der Waals surface area contributed by atoms with E-state index in [0.717, 1.165) is 20.8 Å². The molecule has 3 nitrogen and oxygen atoms in total. The highest BCUT2D eigenvalue weighted by atomic mass is 32.1. The molecule has 21 heavy (non-hydrogen) atoms. The molecule has 3 aromatic rings. The van der Waals surface area contributed by atoms with Gasteiger partial charge in [0.2, 0.25) is 0 Å². The van der Waals surface area contributed by atoms with Gasteiger partial charge in [0.1, 0.15) is 17.4 Å². The molecular weight excluding hydrogens is 289 g/mol. The lowest BCUT2D eigenvalue weighted by Gasteiger charge is -2.02. The normalized spacial score (nSPS) is 10.7. The Morgan fingerprint density at radius 3 is 2.67 bits per heavy atom. The Kier molecular flexibility index (Phi) is 3.92. The van der Waals surface area contributed by atoms with Gasteiger partial charge in [0, 0.05) is 0 Å². The molecule has 0 saturated carbocycles. The van der Waals surface area contributed by atoms with E-state index in [0.29, 0.717) is 0 Å². The molecule has 0 saturated heterocycles. The summed E-state index contributed by atoms with van der Waals surface area (Å²) in [6.07, 6.45) is 0.130. The van der Waals surface area contributed by atoms with Gasteiger partial charge < -0.3 is 4.74 Å². The monoisotopic (exact) mass is 301 g/mol. The summed E-state index contributed by atoms with van der Waals surface area (Å²) < 4.78 is 19.1. The van der Waals surface area contributed by atoms with Crippen LogP contribution in [-0.4, -0.2) is 11.0 Å². The van der Waals surface area contributed by atoms with Crippen LogP contribution in [0.5, 0.6) is 0 Å². The molecule has 1 aromatic heterocycles. The fourth-order valence-electron chi connectivity index (χ4n) is 1.94. The Bertz CT molecular complexity index is 734. The summed E-state index contributed by atoms with van der Waals surface area (Å²) in [6, 6.07) is 13.6. The van der Waals surface area contributed by atoms with E-state index in [-0.39, 0.29) is 24.8 Å². The summed E-state index contributed by atoms with van der Waals surface area (Å²) >= 11 is 1.51. The number of para-hydroxylation sites is 1. The number of hydrogen-bond acceptors (Lipinski definition) is 4. The molecule has 0 unspecified atom stereocenters. The first-order valence-corrected chi connectivity index (χ1v) is 7.27. The first-order valence-electron chi connectivity index (χ1n) is 6.45. The fraction of sp³-hybridized carbons (Fsp3) is 0.125. The zero-order chi connectivity index (χ0) is 14.7.